The van der Waals surface area contributed by atoms with Crippen molar-refractivity contribution in [3.8, 4) is 0 Å². The predicted molar refractivity (Wildman–Crippen MR) is 40.5 cm³/mol. The summed E-state index contributed by atoms with van der Waals surface area (Å²) in [6.45, 7) is 10.0. The van der Waals surface area contributed by atoms with E-state index in [1.54, 1.807) is 0 Å². The maximum absolute atomic E-state index is 10.8. The molecule has 0 aliphatic carbocycles. The second-order valence-electron chi connectivity index (χ2n) is 2.63. The van der Waals surface area contributed by atoms with Crippen molar-refractivity contribution in [2.24, 2.45) is 5.92 Å². The van der Waals surface area contributed by atoms with Gasteiger partial charge in [0, 0.05) is 18.0 Å². The Morgan fingerprint density at radius 3 is 2.60 bits per heavy atom. The van der Waals surface area contributed by atoms with Crippen LogP contribution in [0, 0.1) is 5.92 Å². The first-order valence-corrected chi connectivity index (χ1v) is 3.25. The monoisotopic (exact) mass is 137 g/mol. The molecule has 10 heavy (non-hydrogen) atoms. The van der Waals surface area contributed by atoms with Crippen LogP contribution in [0.5, 0.6) is 0 Å². The van der Waals surface area contributed by atoms with Crippen LogP contribution in [0.25, 0.3) is 0 Å². The first kappa shape index (κ1) is 7.06. The molecular formula is C8H11NO. The van der Waals surface area contributed by atoms with E-state index in [2.05, 4.69) is 18.5 Å². The molecule has 2 heteroatoms. The van der Waals surface area contributed by atoms with E-state index in [9.17, 15) is 4.79 Å². The summed E-state index contributed by atoms with van der Waals surface area (Å²) >= 11 is 0. The smallest absolute Gasteiger partial charge is 0.247 e. The van der Waals surface area contributed by atoms with Crippen LogP contribution in [0.3, 0.4) is 0 Å². The fourth-order valence-corrected chi connectivity index (χ4v) is 1.06. The molecule has 1 heterocycles. The molecule has 0 aromatic rings. The maximum atomic E-state index is 10.8. The third-order valence-electron chi connectivity index (χ3n) is 1.77. The average molecular weight is 137 g/mol. The van der Waals surface area contributed by atoms with Gasteiger partial charge >= 0.3 is 0 Å². The lowest BCUT2D eigenvalue weighted by Gasteiger charge is -2.05. The van der Waals surface area contributed by atoms with Crippen LogP contribution in [-0.2, 0) is 4.79 Å². The fraction of sp³-hybridized carbons (Fsp3) is 0.375. The van der Waals surface area contributed by atoms with Gasteiger partial charge in [-0.15, -0.1) is 0 Å². The van der Waals surface area contributed by atoms with Gasteiger partial charge < -0.3 is 5.32 Å². The highest BCUT2D eigenvalue weighted by Gasteiger charge is 2.26. The zero-order chi connectivity index (χ0) is 7.72. The molecule has 0 spiro atoms. The minimum atomic E-state index is -0.0343. The average Bonchev–Trinajstić information content (AvgIpc) is 2.14. The number of rotatable bonds is 1. The van der Waals surface area contributed by atoms with E-state index in [1.807, 2.05) is 6.92 Å². The lowest BCUT2D eigenvalue weighted by atomic mass is 9.97. The maximum Gasteiger partial charge on any atom is 0.247 e. The second-order valence-corrected chi connectivity index (χ2v) is 2.63. The highest BCUT2D eigenvalue weighted by molar-refractivity contribution is 5.96. The van der Waals surface area contributed by atoms with Crippen molar-refractivity contribution in [1.29, 1.82) is 0 Å². The Kier molecular flexibility index (Phi) is 1.62. The molecule has 1 amide bonds. The summed E-state index contributed by atoms with van der Waals surface area (Å²) in [5.74, 6) is 0.125. The summed E-state index contributed by atoms with van der Waals surface area (Å²) in [4.78, 5) is 10.8. The highest BCUT2D eigenvalue weighted by Crippen LogP contribution is 2.20. The van der Waals surface area contributed by atoms with Crippen molar-refractivity contribution in [2.45, 2.75) is 6.92 Å². The molecular weight excluding hydrogens is 126 g/mol. The molecule has 0 aromatic carbocycles. The zero-order valence-corrected chi connectivity index (χ0v) is 6.11. The molecule has 1 fully saturated rings. The number of carbonyl (C=O) groups is 1. The summed E-state index contributed by atoms with van der Waals surface area (Å²) < 4.78 is 0. The summed E-state index contributed by atoms with van der Waals surface area (Å²) in [5.41, 5.74) is 1.65. The van der Waals surface area contributed by atoms with Gasteiger partial charge in [0.25, 0.3) is 0 Å². The Morgan fingerprint density at radius 2 is 2.40 bits per heavy atom. The van der Waals surface area contributed by atoms with E-state index >= 15 is 0 Å². The van der Waals surface area contributed by atoms with E-state index in [0.29, 0.717) is 12.1 Å². The third-order valence-corrected chi connectivity index (χ3v) is 1.77. The first-order chi connectivity index (χ1) is 4.63. The molecule has 1 aliphatic heterocycles. The molecule has 1 N–H and O–H groups in total. The molecule has 1 saturated heterocycles. The topological polar surface area (TPSA) is 29.1 Å². The minimum Gasteiger partial charge on any atom is -0.351 e. The minimum absolute atomic E-state index is 0.0343. The number of amides is 1. The summed E-state index contributed by atoms with van der Waals surface area (Å²) in [6, 6.07) is 0. The number of nitrogens with one attached hydrogen (secondary N) is 1. The van der Waals surface area contributed by atoms with Gasteiger partial charge in [-0.3, -0.25) is 4.79 Å². The summed E-state index contributed by atoms with van der Waals surface area (Å²) in [5, 5.41) is 2.70. The van der Waals surface area contributed by atoms with E-state index in [0.717, 1.165) is 5.57 Å². The SMILES string of the molecule is C=C(C)C1CNC(=O)C1=C. The van der Waals surface area contributed by atoms with Gasteiger partial charge in [0.1, 0.15) is 0 Å². The molecule has 1 unspecified atom stereocenters. The molecule has 54 valence electrons. The van der Waals surface area contributed by atoms with Crippen molar-refractivity contribution in [2.75, 3.05) is 6.54 Å². The quantitative estimate of drug-likeness (QED) is 0.421. The van der Waals surface area contributed by atoms with Crippen molar-refractivity contribution in [3.63, 3.8) is 0 Å². The van der Waals surface area contributed by atoms with Gasteiger partial charge in [0.15, 0.2) is 0 Å². The molecule has 1 rings (SSSR count). The lowest BCUT2D eigenvalue weighted by molar-refractivity contribution is -0.116. The molecule has 0 bridgehead atoms. The van der Waals surface area contributed by atoms with Crippen LogP contribution in [0.1, 0.15) is 6.92 Å². The van der Waals surface area contributed by atoms with Crippen molar-refractivity contribution < 1.29 is 4.79 Å². The fourth-order valence-electron chi connectivity index (χ4n) is 1.06. The Morgan fingerprint density at radius 1 is 1.80 bits per heavy atom. The highest BCUT2D eigenvalue weighted by atomic mass is 16.2. The standard InChI is InChI=1S/C8H11NO/c1-5(2)7-4-9-8(10)6(7)3/h7H,1,3-4H2,2H3,(H,9,10). The number of hydrogen-bond acceptors (Lipinski definition) is 1. The van der Waals surface area contributed by atoms with Crippen LogP contribution < -0.4 is 5.32 Å². The van der Waals surface area contributed by atoms with Crippen LogP contribution in [0.4, 0.5) is 0 Å². The molecule has 1 atom stereocenters. The molecule has 1 aliphatic rings. The molecule has 0 radical (unpaired) electrons. The van der Waals surface area contributed by atoms with Gasteiger partial charge in [0.2, 0.25) is 5.91 Å². The Balaban J connectivity index is 2.76. The summed E-state index contributed by atoms with van der Waals surface area (Å²) in [6.07, 6.45) is 0. The molecule has 0 saturated carbocycles. The Labute approximate surface area is 60.6 Å². The number of carbonyl (C=O) groups excluding carboxylic acids is 1. The van der Waals surface area contributed by atoms with E-state index in [1.165, 1.54) is 0 Å². The third kappa shape index (κ3) is 0.967. The second kappa shape index (κ2) is 2.29. The lowest BCUT2D eigenvalue weighted by Crippen LogP contribution is -2.14. The Bertz CT molecular complexity index is 205. The van der Waals surface area contributed by atoms with Gasteiger partial charge in [-0.2, -0.15) is 0 Å². The largest absolute Gasteiger partial charge is 0.351 e. The zero-order valence-electron chi connectivity index (χ0n) is 6.11. The van der Waals surface area contributed by atoms with Crippen LogP contribution in [0.2, 0.25) is 0 Å². The van der Waals surface area contributed by atoms with Crippen LogP contribution >= 0.6 is 0 Å². The molecule has 0 aromatic heterocycles. The first-order valence-electron chi connectivity index (χ1n) is 3.25. The van der Waals surface area contributed by atoms with Gasteiger partial charge in [0.05, 0.1) is 0 Å². The van der Waals surface area contributed by atoms with Crippen molar-refractivity contribution in [1.82, 2.24) is 5.32 Å². The van der Waals surface area contributed by atoms with Crippen molar-refractivity contribution in [3.05, 3.63) is 24.3 Å². The normalized spacial score (nSPS) is 24.7. The van der Waals surface area contributed by atoms with Crippen LogP contribution in [-0.4, -0.2) is 12.5 Å². The Hall–Kier alpha value is -1.05. The van der Waals surface area contributed by atoms with Gasteiger partial charge in [-0.1, -0.05) is 18.7 Å². The van der Waals surface area contributed by atoms with Gasteiger partial charge in [-0.25, -0.2) is 0 Å². The van der Waals surface area contributed by atoms with E-state index < -0.39 is 0 Å². The van der Waals surface area contributed by atoms with Crippen LogP contribution in [0.15, 0.2) is 24.3 Å². The van der Waals surface area contributed by atoms with E-state index in [4.69, 9.17) is 0 Å². The summed E-state index contributed by atoms with van der Waals surface area (Å²) in [7, 11) is 0. The van der Waals surface area contributed by atoms with Crippen molar-refractivity contribution >= 4 is 5.91 Å². The van der Waals surface area contributed by atoms with E-state index in [-0.39, 0.29) is 11.8 Å². The van der Waals surface area contributed by atoms with Gasteiger partial charge in [-0.05, 0) is 6.92 Å². The number of hydrogen-bond donors (Lipinski definition) is 1. The molecule has 2 nitrogen and oxygen atoms in total. The predicted octanol–water partition coefficient (Wildman–Crippen LogP) is 0.865.